The lowest BCUT2D eigenvalue weighted by atomic mass is 10.1. The predicted octanol–water partition coefficient (Wildman–Crippen LogP) is 4.16. The summed E-state index contributed by atoms with van der Waals surface area (Å²) in [6.45, 7) is 9.11. The molecule has 0 aliphatic heterocycles. The van der Waals surface area contributed by atoms with Gasteiger partial charge >= 0.3 is 0 Å². The Bertz CT molecular complexity index is 1070. The minimum Gasteiger partial charge on any atom is -0.350 e. The van der Waals surface area contributed by atoms with Crippen molar-refractivity contribution in [1.29, 1.82) is 0 Å². The highest BCUT2D eigenvalue weighted by molar-refractivity contribution is 6.31. The molecule has 1 aromatic heterocycles. The number of halogens is 1. The molecular weight excluding hydrogens is 398 g/mol. The van der Waals surface area contributed by atoms with Crippen molar-refractivity contribution in [3.63, 3.8) is 0 Å². The van der Waals surface area contributed by atoms with Crippen molar-refractivity contribution in [2.45, 2.75) is 33.4 Å². The standard InChI is InChI=1S/C24H28ClN3O2/c1-4-27(5-2)17(3)14-26-24(30)21-16-28(15-18-9-7-6-8-10-18)22-13-19(25)11-12-20(22)23(21)29/h6-13,16-17H,4-5,14-15H2,1-3H3,(H,26,30). The lowest BCUT2D eigenvalue weighted by Gasteiger charge is -2.26. The van der Waals surface area contributed by atoms with Crippen LogP contribution in [0.25, 0.3) is 10.9 Å². The Labute approximate surface area is 182 Å². The molecule has 1 N–H and O–H groups in total. The van der Waals surface area contributed by atoms with Crippen molar-refractivity contribution in [1.82, 2.24) is 14.8 Å². The number of rotatable bonds is 8. The van der Waals surface area contributed by atoms with E-state index in [2.05, 4.69) is 31.0 Å². The SMILES string of the molecule is CCN(CC)C(C)CNC(=O)c1cn(Cc2ccccc2)c2cc(Cl)ccc2c1=O. The summed E-state index contributed by atoms with van der Waals surface area (Å²) >= 11 is 6.19. The molecule has 0 radical (unpaired) electrons. The van der Waals surface area contributed by atoms with Gasteiger partial charge in [-0.25, -0.2) is 0 Å². The van der Waals surface area contributed by atoms with E-state index in [1.54, 1.807) is 24.4 Å². The number of likely N-dealkylation sites (N-methyl/N-ethyl adjacent to an activating group) is 1. The first kappa shape index (κ1) is 22.1. The third-order valence-electron chi connectivity index (χ3n) is 5.48. The first-order chi connectivity index (χ1) is 14.4. The zero-order valence-corrected chi connectivity index (χ0v) is 18.4. The van der Waals surface area contributed by atoms with Crippen LogP contribution in [0.5, 0.6) is 0 Å². The lowest BCUT2D eigenvalue weighted by molar-refractivity contribution is 0.0936. The van der Waals surface area contributed by atoms with Gasteiger partial charge in [-0.2, -0.15) is 0 Å². The summed E-state index contributed by atoms with van der Waals surface area (Å²) in [6.07, 6.45) is 1.64. The molecule has 2 aromatic carbocycles. The Morgan fingerprint density at radius 2 is 1.83 bits per heavy atom. The number of hydrogen-bond acceptors (Lipinski definition) is 3. The summed E-state index contributed by atoms with van der Waals surface area (Å²) in [4.78, 5) is 28.2. The summed E-state index contributed by atoms with van der Waals surface area (Å²) in [5, 5.41) is 3.97. The lowest BCUT2D eigenvalue weighted by Crippen LogP contribution is -2.42. The fourth-order valence-electron chi connectivity index (χ4n) is 3.75. The van der Waals surface area contributed by atoms with Crippen LogP contribution in [0, 0.1) is 0 Å². The van der Waals surface area contributed by atoms with E-state index in [9.17, 15) is 9.59 Å². The summed E-state index contributed by atoms with van der Waals surface area (Å²) in [5.74, 6) is -0.349. The van der Waals surface area contributed by atoms with Crippen molar-refractivity contribution < 1.29 is 4.79 Å². The van der Waals surface area contributed by atoms with Gasteiger partial charge in [-0.3, -0.25) is 14.5 Å². The van der Waals surface area contributed by atoms with E-state index in [4.69, 9.17) is 11.6 Å². The Balaban J connectivity index is 1.96. The van der Waals surface area contributed by atoms with E-state index >= 15 is 0 Å². The number of pyridine rings is 1. The topological polar surface area (TPSA) is 54.3 Å². The number of benzene rings is 2. The maximum atomic E-state index is 13.0. The van der Waals surface area contributed by atoms with E-state index in [-0.39, 0.29) is 22.9 Å². The van der Waals surface area contributed by atoms with Gasteiger partial charge in [0.15, 0.2) is 0 Å². The minimum absolute atomic E-state index is 0.146. The first-order valence-electron chi connectivity index (χ1n) is 10.3. The number of nitrogens with one attached hydrogen (secondary N) is 1. The number of hydrogen-bond donors (Lipinski definition) is 1. The normalized spacial score (nSPS) is 12.3. The Morgan fingerprint density at radius 3 is 2.50 bits per heavy atom. The van der Waals surface area contributed by atoms with Gasteiger partial charge in [0.25, 0.3) is 5.91 Å². The zero-order valence-electron chi connectivity index (χ0n) is 17.7. The molecule has 0 aliphatic carbocycles. The fraction of sp³-hybridized carbons (Fsp3) is 0.333. The summed E-state index contributed by atoms with van der Waals surface area (Å²) in [6, 6.07) is 15.3. The van der Waals surface area contributed by atoms with Gasteiger partial charge in [-0.15, -0.1) is 0 Å². The molecule has 1 atom stereocenters. The average Bonchev–Trinajstić information content (AvgIpc) is 2.75. The quantitative estimate of drug-likeness (QED) is 0.589. The first-order valence-corrected chi connectivity index (χ1v) is 10.7. The Hall–Kier alpha value is -2.63. The molecule has 0 saturated carbocycles. The molecule has 158 valence electrons. The van der Waals surface area contributed by atoms with Crippen LogP contribution in [-0.2, 0) is 6.54 Å². The van der Waals surface area contributed by atoms with Gasteiger partial charge < -0.3 is 9.88 Å². The molecule has 6 heteroatoms. The number of fused-ring (bicyclic) bond motifs is 1. The van der Waals surface area contributed by atoms with Crippen LogP contribution < -0.4 is 10.7 Å². The molecule has 3 aromatic rings. The molecule has 0 fully saturated rings. The third-order valence-corrected chi connectivity index (χ3v) is 5.71. The maximum absolute atomic E-state index is 13.0. The number of carbonyl (C=O) groups is 1. The van der Waals surface area contributed by atoms with E-state index in [1.165, 1.54) is 0 Å². The Morgan fingerprint density at radius 1 is 1.13 bits per heavy atom. The van der Waals surface area contributed by atoms with Crippen LogP contribution in [0.1, 0.15) is 36.7 Å². The van der Waals surface area contributed by atoms with Crippen LogP contribution in [0.3, 0.4) is 0 Å². The van der Waals surface area contributed by atoms with Crippen molar-refractivity contribution in [3.8, 4) is 0 Å². The van der Waals surface area contributed by atoms with Gasteiger partial charge in [0, 0.05) is 35.7 Å². The smallest absolute Gasteiger partial charge is 0.256 e. The molecule has 0 aliphatic rings. The molecule has 30 heavy (non-hydrogen) atoms. The second kappa shape index (κ2) is 9.92. The monoisotopic (exact) mass is 425 g/mol. The molecule has 5 nitrogen and oxygen atoms in total. The van der Waals surface area contributed by atoms with Crippen molar-refractivity contribution in [2.24, 2.45) is 0 Å². The summed E-state index contributed by atoms with van der Waals surface area (Å²) in [7, 11) is 0. The van der Waals surface area contributed by atoms with Crippen LogP contribution in [0.4, 0.5) is 0 Å². The van der Waals surface area contributed by atoms with Crippen molar-refractivity contribution >= 4 is 28.4 Å². The van der Waals surface area contributed by atoms with Crippen LogP contribution in [-0.4, -0.2) is 41.1 Å². The van der Waals surface area contributed by atoms with Crippen LogP contribution in [0.15, 0.2) is 59.5 Å². The molecular formula is C24H28ClN3O2. The molecule has 1 amide bonds. The number of carbonyl (C=O) groups excluding carboxylic acids is 1. The Kier molecular flexibility index (Phi) is 7.29. The molecule has 0 spiro atoms. The van der Waals surface area contributed by atoms with Crippen molar-refractivity contribution in [3.05, 3.63) is 81.1 Å². The van der Waals surface area contributed by atoms with Gasteiger partial charge in [-0.05, 0) is 43.8 Å². The molecule has 3 rings (SSSR count). The third kappa shape index (κ3) is 4.91. The highest BCUT2D eigenvalue weighted by Crippen LogP contribution is 2.19. The molecule has 0 saturated heterocycles. The van der Waals surface area contributed by atoms with Gasteiger partial charge in [0.1, 0.15) is 5.56 Å². The molecule has 1 heterocycles. The van der Waals surface area contributed by atoms with E-state index < -0.39 is 0 Å². The maximum Gasteiger partial charge on any atom is 0.256 e. The highest BCUT2D eigenvalue weighted by atomic mass is 35.5. The number of nitrogens with zero attached hydrogens (tertiary/aromatic N) is 2. The fourth-order valence-corrected chi connectivity index (χ4v) is 3.91. The van der Waals surface area contributed by atoms with Gasteiger partial charge in [0.2, 0.25) is 5.43 Å². The second-order valence-corrected chi connectivity index (χ2v) is 7.86. The van der Waals surface area contributed by atoms with Crippen LogP contribution >= 0.6 is 11.6 Å². The zero-order chi connectivity index (χ0) is 21.7. The highest BCUT2D eigenvalue weighted by Gasteiger charge is 2.18. The molecule has 1 unspecified atom stereocenters. The van der Waals surface area contributed by atoms with Crippen LogP contribution in [0.2, 0.25) is 5.02 Å². The average molecular weight is 426 g/mol. The molecule has 0 bridgehead atoms. The van der Waals surface area contributed by atoms with E-state index in [0.717, 1.165) is 18.7 Å². The van der Waals surface area contributed by atoms with Gasteiger partial charge in [-0.1, -0.05) is 55.8 Å². The summed E-state index contributed by atoms with van der Waals surface area (Å²) in [5.41, 5.74) is 1.65. The second-order valence-electron chi connectivity index (χ2n) is 7.43. The number of amides is 1. The van der Waals surface area contributed by atoms with Crippen molar-refractivity contribution in [2.75, 3.05) is 19.6 Å². The largest absolute Gasteiger partial charge is 0.350 e. The predicted molar refractivity (Wildman–Crippen MR) is 123 cm³/mol. The minimum atomic E-state index is -0.349. The van der Waals surface area contributed by atoms with E-state index in [0.29, 0.717) is 29.0 Å². The van der Waals surface area contributed by atoms with E-state index in [1.807, 2.05) is 34.9 Å². The van der Waals surface area contributed by atoms with Gasteiger partial charge in [0.05, 0.1) is 5.52 Å². The summed E-state index contributed by atoms with van der Waals surface area (Å²) < 4.78 is 1.92. The number of aromatic nitrogens is 1.